The number of fused-ring (bicyclic) bond motifs is 1. The number of nitrogens with two attached hydrogens (primary N) is 1. The van der Waals surface area contributed by atoms with Gasteiger partial charge in [0.1, 0.15) is 13.2 Å². The van der Waals surface area contributed by atoms with Gasteiger partial charge in [-0.3, -0.25) is 10.1 Å². The minimum atomic E-state index is -0.954. The van der Waals surface area contributed by atoms with Crippen LogP contribution in [-0.2, 0) is 0 Å². The Bertz CT molecular complexity index is 449. The number of hydrogen-bond acceptors (Lipinski definition) is 6. The van der Waals surface area contributed by atoms with Gasteiger partial charge in [0.25, 0.3) is 0 Å². The van der Waals surface area contributed by atoms with E-state index in [-0.39, 0.29) is 30.3 Å². The molecule has 1 heterocycles. The number of ether oxygens (including phenoxy) is 2. The third-order valence-electron chi connectivity index (χ3n) is 2.45. The van der Waals surface area contributed by atoms with Gasteiger partial charge in [-0.2, -0.15) is 0 Å². The van der Waals surface area contributed by atoms with E-state index < -0.39 is 11.0 Å². The molecule has 7 nitrogen and oxygen atoms in total. The van der Waals surface area contributed by atoms with Crippen LogP contribution < -0.4 is 15.2 Å². The van der Waals surface area contributed by atoms with E-state index in [1.807, 2.05) is 0 Å². The molecule has 1 aliphatic rings. The fraction of sp³-hybridized carbons (Fsp3) is 0.400. The van der Waals surface area contributed by atoms with Crippen LogP contribution in [0.15, 0.2) is 12.1 Å². The summed E-state index contributed by atoms with van der Waals surface area (Å²) in [7, 11) is 0. The maximum absolute atomic E-state index is 10.9. The van der Waals surface area contributed by atoms with Gasteiger partial charge < -0.3 is 20.3 Å². The summed E-state index contributed by atoms with van der Waals surface area (Å²) >= 11 is 0. The summed E-state index contributed by atoms with van der Waals surface area (Å²) < 4.78 is 10.5. The molecular weight excluding hydrogens is 228 g/mol. The van der Waals surface area contributed by atoms with Gasteiger partial charge in [-0.25, -0.2) is 0 Å². The van der Waals surface area contributed by atoms with E-state index in [0.717, 1.165) is 0 Å². The molecule has 92 valence electrons. The summed E-state index contributed by atoms with van der Waals surface area (Å²) in [5, 5.41) is 20.5. The van der Waals surface area contributed by atoms with Crippen LogP contribution in [0.25, 0.3) is 0 Å². The van der Waals surface area contributed by atoms with E-state index in [1.165, 1.54) is 12.1 Å². The second-order valence-electron chi connectivity index (χ2n) is 3.57. The van der Waals surface area contributed by atoms with Crippen molar-refractivity contribution in [2.24, 2.45) is 5.73 Å². The second kappa shape index (κ2) is 4.56. The van der Waals surface area contributed by atoms with Crippen molar-refractivity contribution in [2.75, 3.05) is 19.8 Å². The van der Waals surface area contributed by atoms with Gasteiger partial charge in [0.2, 0.25) is 5.75 Å². The predicted octanol–water partition coefficient (Wildman–Crippen LogP) is 0.358. The molecule has 0 saturated heterocycles. The van der Waals surface area contributed by atoms with Crippen LogP contribution in [0.2, 0.25) is 0 Å². The molecule has 2 rings (SSSR count). The van der Waals surface area contributed by atoms with Crippen molar-refractivity contribution in [2.45, 2.75) is 6.10 Å². The minimum absolute atomic E-state index is 0.0171. The Balaban J connectivity index is 2.52. The third-order valence-corrected chi connectivity index (χ3v) is 2.45. The van der Waals surface area contributed by atoms with Crippen LogP contribution in [0.4, 0.5) is 5.69 Å². The average Bonchev–Trinajstić information content (AvgIpc) is 2.36. The summed E-state index contributed by atoms with van der Waals surface area (Å²) in [5.74, 6) is 0.377. The standard InChI is InChI=1S/C10H12N2O5/c11-5-8(13)6-3-7(12(14)15)10-9(4-6)16-1-2-17-10/h3-4,8,13H,1-2,5,11H2. The van der Waals surface area contributed by atoms with Crippen LogP contribution in [-0.4, -0.2) is 29.8 Å². The highest BCUT2D eigenvalue weighted by molar-refractivity contribution is 5.59. The Morgan fingerprint density at radius 1 is 1.47 bits per heavy atom. The van der Waals surface area contributed by atoms with Crippen molar-refractivity contribution < 1.29 is 19.5 Å². The molecule has 1 aliphatic heterocycles. The minimum Gasteiger partial charge on any atom is -0.486 e. The molecule has 0 aliphatic carbocycles. The number of nitro groups is 1. The molecule has 0 saturated carbocycles. The average molecular weight is 240 g/mol. The van der Waals surface area contributed by atoms with Gasteiger partial charge >= 0.3 is 5.69 Å². The first kappa shape index (κ1) is 11.6. The lowest BCUT2D eigenvalue weighted by molar-refractivity contribution is -0.386. The molecule has 0 radical (unpaired) electrons. The van der Waals surface area contributed by atoms with E-state index in [1.54, 1.807) is 0 Å². The zero-order valence-corrected chi connectivity index (χ0v) is 8.96. The smallest absolute Gasteiger partial charge is 0.315 e. The second-order valence-corrected chi connectivity index (χ2v) is 3.57. The fourth-order valence-electron chi connectivity index (χ4n) is 1.62. The summed E-state index contributed by atoms with van der Waals surface area (Å²) in [6, 6.07) is 2.77. The van der Waals surface area contributed by atoms with Gasteiger partial charge in [-0.05, 0) is 11.6 Å². The van der Waals surface area contributed by atoms with E-state index in [4.69, 9.17) is 15.2 Å². The molecule has 3 N–H and O–H groups in total. The van der Waals surface area contributed by atoms with Crippen molar-refractivity contribution in [3.8, 4) is 11.5 Å². The molecule has 17 heavy (non-hydrogen) atoms. The molecule has 0 bridgehead atoms. The van der Waals surface area contributed by atoms with Crippen molar-refractivity contribution in [1.29, 1.82) is 0 Å². The number of aliphatic hydroxyl groups is 1. The Hall–Kier alpha value is -1.86. The van der Waals surface area contributed by atoms with Gasteiger partial charge in [-0.1, -0.05) is 0 Å². The van der Waals surface area contributed by atoms with Crippen LogP contribution >= 0.6 is 0 Å². The van der Waals surface area contributed by atoms with E-state index >= 15 is 0 Å². The van der Waals surface area contributed by atoms with Gasteiger partial charge in [0.05, 0.1) is 11.0 Å². The summed E-state index contributed by atoms with van der Waals surface area (Å²) in [5.41, 5.74) is 5.45. The molecule has 1 atom stereocenters. The monoisotopic (exact) mass is 240 g/mol. The van der Waals surface area contributed by atoms with Crippen molar-refractivity contribution in [3.05, 3.63) is 27.8 Å². The Morgan fingerprint density at radius 2 is 2.18 bits per heavy atom. The molecule has 1 aromatic rings. The normalized spacial score (nSPS) is 15.4. The highest BCUT2D eigenvalue weighted by atomic mass is 16.6. The van der Waals surface area contributed by atoms with Crippen molar-refractivity contribution in [3.63, 3.8) is 0 Å². The molecule has 1 aromatic carbocycles. The molecule has 0 spiro atoms. The first-order valence-corrected chi connectivity index (χ1v) is 5.09. The van der Waals surface area contributed by atoms with Crippen LogP contribution in [0.3, 0.4) is 0 Å². The topological polar surface area (TPSA) is 108 Å². The Kier molecular flexibility index (Phi) is 3.12. The lowest BCUT2D eigenvalue weighted by atomic mass is 10.1. The first-order chi connectivity index (χ1) is 8.13. The zero-order valence-electron chi connectivity index (χ0n) is 8.96. The SMILES string of the molecule is NCC(O)c1cc2c(c([N+](=O)[O-])c1)OCCO2. The van der Waals surface area contributed by atoms with E-state index in [0.29, 0.717) is 12.2 Å². The quantitative estimate of drug-likeness (QED) is 0.583. The summed E-state index contributed by atoms with van der Waals surface area (Å²) in [6.45, 7) is 0.579. The molecule has 0 aromatic heterocycles. The lowest BCUT2D eigenvalue weighted by Crippen LogP contribution is -2.18. The van der Waals surface area contributed by atoms with Gasteiger partial charge in [-0.15, -0.1) is 0 Å². The fourth-order valence-corrected chi connectivity index (χ4v) is 1.62. The van der Waals surface area contributed by atoms with Crippen LogP contribution in [0.1, 0.15) is 11.7 Å². The predicted molar refractivity (Wildman–Crippen MR) is 58.1 cm³/mol. The highest BCUT2D eigenvalue weighted by Crippen LogP contribution is 2.41. The lowest BCUT2D eigenvalue weighted by Gasteiger charge is -2.19. The molecule has 0 amide bonds. The molecule has 0 fully saturated rings. The first-order valence-electron chi connectivity index (χ1n) is 5.09. The molecule has 1 unspecified atom stereocenters. The number of aliphatic hydroxyl groups excluding tert-OH is 1. The number of rotatable bonds is 3. The maximum Gasteiger partial charge on any atom is 0.315 e. The zero-order chi connectivity index (χ0) is 12.4. The summed E-state index contributed by atoms with van der Waals surface area (Å²) in [4.78, 5) is 10.3. The number of nitrogens with zero attached hydrogens (tertiary/aromatic N) is 1. The number of nitro benzene ring substituents is 1. The number of hydrogen-bond donors (Lipinski definition) is 2. The van der Waals surface area contributed by atoms with Gasteiger partial charge in [0, 0.05) is 12.6 Å². The molecule has 7 heteroatoms. The van der Waals surface area contributed by atoms with Crippen molar-refractivity contribution >= 4 is 5.69 Å². The number of benzene rings is 1. The van der Waals surface area contributed by atoms with Crippen molar-refractivity contribution in [1.82, 2.24) is 0 Å². The summed E-state index contributed by atoms with van der Waals surface area (Å²) in [6.07, 6.45) is -0.954. The molecular formula is C10H12N2O5. The van der Waals surface area contributed by atoms with Gasteiger partial charge in [0.15, 0.2) is 5.75 Å². The van der Waals surface area contributed by atoms with Crippen LogP contribution in [0, 0.1) is 10.1 Å². The largest absolute Gasteiger partial charge is 0.486 e. The van der Waals surface area contributed by atoms with E-state index in [2.05, 4.69) is 0 Å². The van der Waals surface area contributed by atoms with Crippen LogP contribution in [0.5, 0.6) is 11.5 Å². The third kappa shape index (κ3) is 2.15. The maximum atomic E-state index is 10.9. The Labute approximate surface area is 96.9 Å². The highest BCUT2D eigenvalue weighted by Gasteiger charge is 2.26. The van der Waals surface area contributed by atoms with E-state index in [9.17, 15) is 15.2 Å². The Morgan fingerprint density at radius 3 is 2.82 bits per heavy atom.